The van der Waals surface area contributed by atoms with Crippen molar-refractivity contribution in [2.75, 3.05) is 5.32 Å². The van der Waals surface area contributed by atoms with Gasteiger partial charge in [0.05, 0.1) is 5.69 Å². The number of thiocarbonyl (C=S) groups is 1. The Kier molecular flexibility index (Phi) is 7.26. The zero-order chi connectivity index (χ0) is 16.5. The molecule has 0 atom stereocenters. The average Bonchev–Trinajstić information content (AvgIpc) is 2.56. The van der Waals surface area contributed by atoms with Gasteiger partial charge in [-0.25, -0.2) is 4.39 Å². The Labute approximate surface area is 142 Å². The van der Waals surface area contributed by atoms with Gasteiger partial charge in [0.2, 0.25) is 5.91 Å². The number of nitrogens with one attached hydrogen (secondary N) is 3. The molecule has 0 bridgehead atoms. The first-order valence-electron chi connectivity index (χ1n) is 8.25. The molecular formula is C17H24FN3OS. The molecule has 1 amide bonds. The molecule has 0 spiro atoms. The predicted molar refractivity (Wildman–Crippen MR) is 94.3 cm³/mol. The van der Waals surface area contributed by atoms with Crippen LogP contribution < -0.4 is 16.2 Å². The van der Waals surface area contributed by atoms with Gasteiger partial charge < -0.3 is 5.32 Å². The normalized spacial score (nSPS) is 15.0. The van der Waals surface area contributed by atoms with Crippen molar-refractivity contribution in [3.8, 4) is 0 Å². The molecule has 1 aliphatic rings. The van der Waals surface area contributed by atoms with E-state index >= 15 is 0 Å². The third-order valence-electron chi connectivity index (χ3n) is 4.18. The maximum atomic E-state index is 13.5. The number of carbonyl (C=O) groups is 1. The first-order chi connectivity index (χ1) is 11.1. The minimum absolute atomic E-state index is 0.0986. The van der Waals surface area contributed by atoms with E-state index < -0.39 is 5.82 Å². The number of anilines is 1. The average molecular weight is 337 g/mol. The number of benzene rings is 1. The highest BCUT2D eigenvalue weighted by molar-refractivity contribution is 7.80. The summed E-state index contributed by atoms with van der Waals surface area (Å²) in [6.45, 7) is 0. The van der Waals surface area contributed by atoms with Gasteiger partial charge in [0.1, 0.15) is 5.82 Å². The van der Waals surface area contributed by atoms with Crippen LogP contribution in [0.25, 0.3) is 0 Å². The summed E-state index contributed by atoms with van der Waals surface area (Å²) < 4.78 is 13.5. The molecule has 2 rings (SSSR count). The summed E-state index contributed by atoms with van der Waals surface area (Å²) in [5, 5.41) is 2.87. The zero-order valence-corrected chi connectivity index (χ0v) is 14.1. The van der Waals surface area contributed by atoms with Crippen LogP contribution >= 0.6 is 12.2 Å². The number of hydrogen-bond donors (Lipinski definition) is 3. The summed E-state index contributed by atoms with van der Waals surface area (Å²) in [6.07, 6.45) is 9.10. The van der Waals surface area contributed by atoms with Gasteiger partial charge in [0.15, 0.2) is 5.11 Å². The summed E-state index contributed by atoms with van der Waals surface area (Å²) in [4.78, 5) is 11.8. The second-order valence-electron chi connectivity index (χ2n) is 6.00. The maximum absolute atomic E-state index is 13.5. The van der Waals surface area contributed by atoms with Crippen LogP contribution in [0, 0.1) is 11.7 Å². The van der Waals surface area contributed by atoms with E-state index in [1.807, 2.05) is 0 Å². The summed E-state index contributed by atoms with van der Waals surface area (Å²) in [6, 6.07) is 6.23. The Balaban J connectivity index is 1.60. The molecule has 0 unspecified atom stereocenters. The molecule has 0 radical (unpaired) electrons. The monoisotopic (exact) mass is 337 g/mol. The Bertz CT molecular complexity index is 532. The van der Waals surface area contributed by atoms with Gasteiger partial charge >= 0.3 is 0 Å². The third-order valence-corrected chi connectivity index (χ3v) is 4.38. The quantitative estimate of drug-likeness (QED) is 0.563. The van der Waals surface area contributed by atoms with Gasteiger partial charge in [-0.05, 0) is 43.1 Å². The lowest BCUT2D eigenvalue weighted by atomic mass is 9.86. The molecule has 0 aliphatic heterocycles. The van der Waals surface area contributed by atoms with Crippen LogP contribution in [0.1, 0.15) is 51.4 Å². The van der Waals surface area contributed by atoms with Crippen molar-refractivity contribution in [2.24, 2.45) is 5.92 Å². The molecule has 1 aromatic rings. The minimum atomic E-state index is -0.393. The van der Waals surface area contributed by atoms with Crippen molar-refractivity contribution in [3.05, 3.63) is 30.1 Å². The van der Waals surface area contributed by atoms with E-state index in [4.69, 9.17) is 12.2 Å². The van der Waals surface area contributed by atoms with Crippen molar-refractivity contribution < 1.29 is 9.18 Å². The molecular weight excluding hydrogens is 313 g/mol. The van der Waals surface area contributed by atoms with Crippen LogP contribution in [0.4, 0.5) is 10.1 Å². The first-order valence-corrected chi connectivity index (χ1v) is 8.66. The van der Waals surface area contributed by atoms with Crippen molar-refractivity contribution in [1.29, 1.82) is 0 Å². The SMILES string of the molecule is O=C(CCCC1CCCCC1)NNC(=S)Nc1ccccc1F. The number of para-hydroxylation sites is 1. The fourth-order valence-electron chi connectivity index (χ4n) is 2.93. The van der Waals surface area contributed by atoms with Crippen molar-refractivity contribution >= 4 is 28.9 Å². The molecule has 1 fully saturated rings. The Hall–Kier alpha value is -1.69. The molecule has 0 heterocycles. The summed E-state index contributed by atoms with van der Waals surface area (Å²) in [5.74, 6) is 0.294. The van der Waals surface area contributed by atoms with Gasteiger partial charge in [-0.2, -0.15) is 0 Å². The van der Waals surface area contributed by atoms with E-state index in [-0.39, 0.29) is 16.7 Å². The fourth-order valence-corrected chi connectivity index (χ4v) is 3.09. The summed E-state index contributed by atoms with van der Waals surface area (Å²) in [7, 11) is 0. The van der Waals surface area contributed by atoms with Crippen LogP contribution in [0.5, 0.6) is 0 Å². The molecule has 6 heteroatoms. The molecule has 1 saturated carbocycles. The molecule has 1 aliphatic carbocycles. The van der Waals surface area contributed by atoms with Gasteiger partial charge in [0, 0.05) is 6.42 Å². The van der Waals surface area contributed by atoms with Crippen LogP contribution in [0.3, 0.4) is 0 Å². The van der Waals surface area contributed by atoms with E-state index in [1.165, 1.54) is 38.2 Å². The molecule has 3 N–H and O–H groups in total. The van der Waals surface area contributed by atoms with E-state index in [2.05, 4.69) is 16.2 Å². The molecule has 1 aromatic carbocycles. The van der Waals surface area contributed by atoms with Crippen molar-refractivity contribution in [2.45, 2.75) is 51.4 Å². The van der Waals surface area contributed by atoms with Gasteiger partial charge in [-0.1, -0.05) is 44.2 Å². The molecule has 23 heavy (non-hydrogen) atoms. The predicted octanol–water partition coefficient (Wildman–Crippen LogP) is 3.89. The lowest BCUT2D eigenvalue weighted by molar-refractivity contribution is -0.121. The minimum Gasteiger partial charge on any atom is -0.329 e. The standard InChI is InChI=1S/C17H24FN3OS/c18-14-10-4-5-11-15(14)19-17(23)21-20-16(22)12-6-9-13-7-2-1-3-8-13/h4-5,10-11,13H,1-3,6-9,12H2,(H,20,22)(H2,19,21,23). The van der Waals surface area contributed by atoms with Crippen LogP contribution in [-0.4, -0.2) is 11.0 Å². The number of amides is 1. The number of carbonyl (C=O) groups excluding carboxylic acids is 1. The second-order valence-corrected chi connectivity index (χ2v) is 6.41. The largest absolute Gasteiger partial charge is 0.329 e. The summed E-state index contributed by atoms with van der Waals surface area (Å²) in [5.41, 5.74) is 5.42. The number of hydrazine groups is 1. The van der Waals surface area contributed by atoms with Crippen LogP contribution in [0.15, 0.2) is 24.3 Å². The number of hydrogen-bond acceptors (Lipinski definition) is 2. The van der Waals surface area contributed by atoms with Crippen molar-refractivity contribution in [1.82, 2.24) is 10.9 Å². The third kappa shape index (κ3) is 6.52. The smallest absolute Gasteiger partial charge is 0.238 e. The molecule has 0 aromatic heterocycles. The fraction of sp³-hybridized carbons (Fsp3) is 0.529. The maximum Gasteiger partial charge on any atom is 0.238 e. The Morgan fingerprint density at radius 3 is 2.65 bits per heavy atom. The van der Waals surface area contributed by atoms with Gasteiger partial charge in [-0.3, -0.25) is 15.6 Å². The lowest BCUT2D eigenvalue weighted by Crippen LogP contribution is -2.43. The molecule has 4 nitrogen and oxygen atoms in total. The van der Waals surface area contributed by atoms with E-state index in [0.29, 0.717) is 6.42 Å². The van der Waals surface area contributed by atoms with E-state index in [1.54, 1.807) is 18.2 Å². The Morgan fingerprint density at radius 2 is 1.91 bits per heavy atom. The topological polar surface area (TPSA) is 53.2 Å². The van der Waals surface area contributed by atoms with Crippen molar-refractivity contribution in [3.63, 3.8) is 0 Å². The lowest BCUT2D eigenvalue weighted by Gasteiger charge is -2.21. The Morgan fingerprint density at radius 1 is 1.17 bits per heavy atom. The highest BCUT2D eigenvalue weighted by Gasteiger charge is 2.13. The van der Waals surface area contributed by atoms with E-state index in [9.17, 15) is 9.18 Å². The highest BCUT2D eigenvalue weighted by Crippen LogP contribution is 2.27. The van der Waals surface area contributed by atoms with Gasteiger partial charge in [-0.15, -0.1) is 0 Å². The van der Waals surface area contributed by atoms with Crippen LogP contribution in [-0.2, 0) is 4.79 Å². The van der Waals surface area contributed by atoms with Crippen LogP contribution in [0.2, 0.25) is 0 Å². The first kappa shape index (κ1) is 17.7. The van der Waals surface area contributed by atoms with E-state index in [0.717, 1.165) is 18.8 Å². The highest BCUT2D eigenvalue weighted by atomic mass is 32.1. The summed E-state index contributed by atoms with van der Waals surface area (Å²) >= 11 is 5.03. The molecule has 0 saturated heterocycles. The second kappa shape index (κ2) is 9.45. The number of halogens is 1. The number of rotatable bonds is 5. The van der Waals surface area contributed by atoms with Gasteiger partial charge in [0.25, 0.3) is 0 Å². The zero-order valence-electron chi connectivity index (χ0n) is 13.2. The molecule has 126 valence electrons.